The second kappa shape index (κ2) is 5.27. The molecule has 4 N–H and O–H groups in total. The Bertz CT molecular complexity index is 487. The first-order chi connectivity index (χ1) is 8.29. The summed E-state index contributed by atoms with van der Waals surface area (Å²) in [6, 6.07) is 9.48. The number of ether oxygens (including phenoxy) is 1. The lowest BCUT2D eigenvalue weighted by atomic mass is 10.3. The Hall–Kier alpha value is -2.14. The predicted molar refractivity (Wildman–Crippen MR) is 65.1 cm³/mol. The van der Waals surface area contributed by atoms with E-state index in [9.17, 15) is 0 Å². The van der Waals surface area contributed by atoms with E-state index in [2.05, 4.69) is 9.97 Å². The molecule has 0 fully saturated rings. The van der Waals surface area contributed by atoms with E-state index >= 15 is 0 Å². The number of benzene rings is 1. The second-order valence-corrected chi connectivity index (χ2v) is 3.50. The van der Waals surface area contributed by atoms with Crippen molar-refractivity contribution < 1.29 is 4.74 Å². The van der Waals surface area contributed by atoms with Crippen LogP contribution >= 0.6 is 0 Å². The first kappa shape index (κ1) is 11.3. The van der Waals surface area contributed by atoms with Crippen molar-refractivity contribution >= 4 is 5.82 Å². The van der Waals surface area contributed by atoms with E-state index in [1.54, 1.807) is 6.20 Å². The summed E-state index contributed by atoms with van der Waals surface area (Å²) in [5.41, 5.74) is 11.9. The Kier molecular flexibility index (Phi) is 3.52. The number of anilines is 1. The summed E-state index contributed by atoms with van der Waals surface area (Å²) in [7, 11) is 0. The first-order valence-corrected chi connectivity index (χ1v) is 5.28. The smallest absolute Gasteiger partial charge is 0.168 e. The molecule has 0 radical (unpaired) electrons. The Labute approximate surface area is 99.5 Å². The maximum Gasteiger partial charge on any atom is 0.168 e. The largest absolute Gasteiger partial charge is 0.486 e. The molecule has 2 aromatic rings. The van der Waals surface area contributed by atoms with E-state index in [0.717, 1.165) is 11.3 Å². The average molecular weight is 230 g/mol. The fourth-order valence-electron chi connectivity index (χ4n) is 1.35. The van der Waals surface area contributed by atoms with E-state index in [1.807, 2.05) is 30.3 Å². The van der Waals surface area contributed by atoms with Gasteiger partial charge in [0, 0.05) is 18.3 Å². The maximum atomic E-state index is 5.71. The van der Waals surface area contributed by atoms with Crippen molar-refractivity contribution in [1.29, 1.82) is 0 Å². The topological polar surface area (TPSA) is 87.0 Å². The van der Waals surface area contributed by atoms with Crippen LogP contribution in [-0.4, -0.2) is 9.97 Å². The quantitative estimate of drug-likeness (QED) is 0.821. The van der Waals surface area contributed by atoms with Gasteiger partial charge in [0.05, 0.1) is 0 Å². The molecule has 0 saturated heterocycles. The minimum Gasteiger partial charge on any atom is -0.486 e. The number of hydrogen-bond acceptors (Lipinski definition) is 5. The zero-order valence-corrected chi connectivity index (χ0v) is 9.34. The van der Waals surface area contributed by atoms with Crippen molar-refractivity contribution in [3.8, 4) is 5.75 Å². The molecule has 0 amide bonds. The van der Waals surface area contributed by atoms with E-state index < -0.39 is 0 Å². The molecule has 1 heterocycles. The Morgan fingerprint density at radius 2 is 1.94 bits per heavy atom. The first-order valence-electron chi connectivity index (χ1n) is 5.28. The molecule has 0 spiro atoms. The van der Waals surface area contributed by atoms with Gasteiger partial charge in [-0.3, -0.25) is 0 Å². The SMILES string of the molecule is NCc1cnc(COc2ccccc2)nc1N. The molecular formula is C12H14N4O. The van der Waals surface area contributed by atoms with Gasteiger partial charge < -0.3 is 16.2 Å². The summed E-state index contributed by atoms with van der Waals surface area (Å²) in [5, 5.41) is 0. The number of para-hydroxylation sites is 1. The number of nitrogens with two attached hydrogens (primary N) is 2. The number of hydrogen-bond donors (Lipinski definition) is 2. The van der Waals surface area contributed by atoms with Crippen LogP contribution in [0.4, 0.5) is 5.82 Å². The predicted octanol–water partition coefficient (Wildman–Crippen LogP) is 1.10. The standard InChI is InChI=1S/C12H14N4O/c13-6-9-7-15-11(16-12(9)14)8-17-10-4-2-1-3-5-10/h1-5,7H,6,8,13H2,(H2,14,15,16). The highest BCUT2D eigenvalue weighted by molar-refractivity contribution is 5.37. The van der Waals surface area contributed by atoms with Crippen LogP contribution in [0.2, 0.25) is 0 Å². The van der Waals surface area contributed by atoms with Crippen molar-refractivity contribution in [3.63, 3.8) is 0 Å². The van der Waals surface area contributed by atoms with Crippen molar-refractivity contribution in [3.05, 3.63) is 47.9 Å². The summed E-state index contributed by atoms with van der Waals surface area (Å²) in [6.45, 7) is 0.630. The number of rotatable bonds is 4. The second-order valence-electron chi connectivity index (χ2n) is 3.50. The van der Waals surface area contributed by atoms with Crippen LogP contribution in [0.5, 0.6) is 5.75 Å². The zero-order chi connectivity index (χ0) is 12.1. The molecule has 88 valence electrons. The van der Waals surface area contributed by atoms with Gasteiger partial charge in [-0.05, 0) is 12.1 Å². The lowest BCUT2D eigenvalue weighted by molar-refractivity contribution is 0.296. The molecule has 0 bridgehead atoms. The molecule has 0 atom stereocenters. The third kappa shape index (κ3) is 2.92. The third-order valence-electron chi connectivity index (χ3n) is 2.28. The molecule has 5 heteroatoms. The lowest BCUT2D eigenvalue weighted by Crippen LogP contribution is -2.09. The highest BCUT2D eigenvalue weighted by Gasteiger charge is 2.03. The fraction of sp³-hybridized carbons (Fsp3) is 0.167. The third-order valence-corrected chi connectivity index (χ3v) is 2.28. The summed E-state index contributed by atoms with van der Waals surface area (Å²) < 4.78 is 5.51. The van der Waals surface area contributed by atoms with Crippen LogP contribution in [0.25, 0.3) is 0 Å². The summed E-state index contributed by atoms with van der Waals surface area (Å²) in [6.07, 6.45) is 1.63. The van der Waals surface area contributed by atoms with Crippen LogP contribution in [0, 0.1) is 0 Å². The van der Waals surface area contributed by atoms with Gasteiger partial charge in [-0.2, -0.15) is 0 Å². The molecule has 0 aliphatic rings. The number of aromatic nitrogens is 2. The molecule has 17 heavy (non-hydrogen) atoms. The van der Waals surface area contributed by atoms with Crippen LogP contribution in [0.1, 0.15) is 11.4 Å². The van der Waals surface area contributed by atoms with Crippen molar-refractivity contribution in [2.45, 2.75) is 13.2 Å². The van der Waals surface area contributed by atoms with Crippen molar-refractivity contribution in [1.82, 2.24) is 9.97 Å². The van der Waals surface area contributed by atoms with Gasteiger partial charge in [0.25, 0.3) is 0 Å². The van der Waals surface area contributed by atoms with Gasteiger partial charge in [0.1, 0.15) is 18.2 Å². The van der Waals surface area contributed by atoms with E-state index in [0.29, 0.717) is 24.8 Å². The monoisotopic (exact) mass is 230 g/mol. The number of nitrogen functional groups attached to an aromatic ring is 1. The zero-order valence-electron chi connectivity index (χ0n) is 9.34. The Morgan fingerprint density at radius 1 is 1.18 bits per heavy atom. The van der Waals surface area contributed by atoms with Crippen LogP contribution < -0.4 is 16.2 Å². The van der Waals surface area contributed by atoms with Crippen LogP contribution in [0.3, 0.4) is 0 Å². The summed E-state index contributed by atoms with van der Waals surface area (Å²) >= 11 is 0. The highest BCUT2D eigenvalue weighted by atomic mass is 16.5. The Morgan fingerprint density at radius 3 is 2.59 bits per heavy atom. The molecule has 5 nitrogen and oxygen atoms in total. The maximum absolute atomic E-state index is 5.71. The molecular weight excluding hydrogens is 216 g/mol. The van der Waals surface area contributed by atoms with Gasteiger partial charge in [-0.25, -0.2) is 9.97 Å². The molecule has 2 rings (SSSR count). The molecule has 0 unspecified atom stereocenters. The number of nitrogens with zero attached hydrogens (tertiary/aromatic N) is 2. The minimum absolute atomic E-state index is 0.291. The van der Waals surface area contributed by atoms with E-state index in [-0.39, 0.29) is 0 Å². The fourth-order valence-corrected chi connectivity index (χ4v) is 1.35. The van der Waals surface area contributed by atoms with Crippen LogP contribution in [-0.2, 0) is 13.2 Å². The average Bonchev–Trinajstić information content (AvgIpc) is 2.38. The summed E-state index contributed by atoms with van der Waals surface area (Å²) in [5.74, 6) is 1.73. The van der Waals surface area contributed by atoms with Crippen molar-refractivity contribution in [2.75, 3.05) is 5.73 Å². The molecule has 0 aliphatic carbocycles. The molecule has 1 aromatic carbocycles. The molecule has 0 aliphatic heterocycles. The molecule has 0 saturated carbocycles. The minimum atomic E-state index is 0.291. The Balaban J connectivity index is 2.02. The van der Waals surface area contributed by atoms with Gasteiger partial charge in [-0.1, -0.05) is 18.2 Å². The highest BCUT2D eigenvalue weighted by Crippen LogP contribution is 2.11. The van der Waals surface area contributed by atoms with Gasteiger partial charge >= 0.3 is 0 Å². The van der Waals surface area contributed by atoms with Gasteiger partial charge in [0.2, 0.25) is 0 Å². The van der Waals surface area contributed by atoms with E-state index in [1.165, 1.54) is 0 Å². The van der Waals surface area contributed by atoms with E-state index in [4.69, 9.17) is 16.2 Å². The van der Waals surface area contributed by atoms with Gasteiger partial charge in [-0.15, -0.1) is 0 Å². The molecule has 1 aromatic heterocycles. The van der Waals surface area contributed by atoms with Crippen LogP contribution in [0.15, 0.2) is 36.5 Å². The summed E-state index contributed by atoms with van der Waals surface area (Å²) in [4.78, 5) is 8.25. The lowest BCUT2D eigenvalue weighted by Gasteiger charge is -2.06. The normalized spacial score (nSPS) is 10.2. The van der Waals surface area contributed by atoms with Gasteiger partial charge in [0.15, 0.2) is 5.82 Å². The van der Waals surface area contributed by atoms with Crippen molar-refractivity contribution in [2.24, 2.45) is 5.73 Å².